The lowest BCUT2D eigenvalue weighted by Crippen LogP contribution is -2.26. The average Bonchev–Trinajstić information content (AvgIpc) is 2.47. The molecule has 2 rings (SSSR count). The molecule has 20 heavy (non-hydrogen) atoms. The number of benzene rings is 2. The van der Waals surface area contributed by atoms with Crippen molar-refractivity contribution in [2.24, 2.45) is 0 Å². The van der Waals surface area contributed by atoms with Gasteiger partial charge < -0.3 is 0 Å². The molecule has 2 aromatic rings. The van der Waals surface area contributed by atoms with E-state index in [0.29, 0.717) is 5.02 Å². The van der Waals surface area contributed by atoms with Crippen LogP contribution in [0.2, 0.25) is 5.02 Å². The van der Waals surface area contributed by atoms with Crippen LogP contribution < -0.4 is 0 Å². The molecule has 3 nitrogen and oxygen atoms in total. The molecule has 0 aliphatic heterocycles. The molecular weight excluding hydrogens is 303 g/mol. The van der Waals surface area contributed by atoms with Crippen molar-refractivity contribution >= 4 is 27.2 Å². The molecule has 0 radical (unpaired) electrons. The Hall–Kier alpha value is -1.72. The minimum Gasteiger partial charge on any atom is -0.290 e. The number of carbonyl (C=O) groups excluding carboxylic acids is 1. The number of hydrogen-bond acceptors (Lipinski definition) is 3. The zero-order valence-corrected chi connectivity index (χ0v) is 11.7. The maximum Gasteiger partial charge on any atom is 0.267 e. The maximum absolute atomic E-state index is 14.1. The summed E-state index contributed by atoms with van der Waals surface area (Å²) in [6.45, 7) is 0. The van der Waals surface area contributed by atoms with E-state index in [2.05, 4.69) is 0 Å². The van der Waals surface area contributed by atoms with Gasteiger partial charge in [0.05, 0.1) is 4.90 Å². The molecule has 1 unspecified atom stereocenters. The molecule has 0 fully saturated rings. The fourth-order valence-corrected chi connectivity index (χ4v) is 2.94. The molecule has 6 heteroatoms. The van der Waals surface area contributed by atoms with Crippen LogP contribution in [-0.4, -0.2) is 19.7 Å². The number of rotatable bonds is 4. The largest absolute Gasteiger partial charge is 0.290 e. The highest BCUT2D eigenvalue weighted by atomic mass is 35.5. The van der Waals surface area contributed by atoms with Gasteiger partial charge in [0.15, 0.2) is 0 Å². The van der Waals surface area contributed by atoms with Crippen molar-refractivity contribution in [2.75, 3.05) is 0 Å². The molecule has 0 saturated carbocycles. The van der Waals surface area contributed by atoms with Crippen molar-refractivity contribution in [3.05, 3.63) is 65.2 Å². The molecule has 104 valence electrons. The van der Waals surface area contributed by atoms with Crippen molar-refractivity contribution in [1.29, 1.82) is 0 Å². The van der Waals surface area contributed by atoms with E-state index in [1.165, 1.54) is 48.5 Å². The standard InChI is InChI=1S/C14H10ClFO3S/c15-11-8-6-10(7-9-11)13(17)14(16)20(18,19)12-4-2-1-3-5-12/h1-9,14H. The second-order valence-electron chi connectivity index (χ2n) is 4.05. The van der Waals surface area contributed by atoms with Gasteiger partial charge in [0.25, 0.3) is 5.50 Å². The van der Waals surface area contributed by atoms with Gasteiger partial charge in [0.2, 0.25) is 15.6 Å². The molecular formula is C14H10ClFO3S. The normalized spacial score (nSPS) is 12.9. The number of sulfone groups is 1. The van der Waals surface area contributed by atoms with E-state index in [0.717, 1.165) is 0 Å². The minimum atomic E-state index is -4.35. The zero-order valence-electron chi connectivity index (χ0n) is 10.2. The van der Waals surface area contributed by atoms with Crippen LogP contribution in [0.5, 0.6) is 0 Å². The summed E-state index contributed by atoms with van der Waals surface area (Å²) < 4.78 is 38.1. The van der Waals surface area contributed by atoms with Crippen LogP contribution in [0.4, 0.5) is 4.39 Å². The van der Waals surface area contributed by atoms with Crippen molar-refractivity contribution in [3.63, 3.8) is 0 Å². The van der Waals surface area contributed by atoms with E-state index < -0.39 is 21.1 Å². The lowest BCUT2D eigenvalue weighted by molar-refractivity contribution is 0.0933. The number of alkyl halides is 1. The third kappa shape index (κ3) is 2.89. The number of carbonyl (C=O) groups is 1. The van der Waals surface area contributed by atoms with Gasteiger partial charge in [-0.3, -0.25) is 4.79 Å². The number of Topliss-reactive ketones (excluding diaryl/α,β-unsaturated/α-hetero) is 1. The molecule has 0 N–H and O–H groups in total. The Bertz CT molecular complexity index is 712. The first kappa shape index (κ1) is 14.7. The quantitative estimate of drug-likeness (QED) is 0.814. The lowest BCUT2D eigenvalue weighted by atomic mass is 10.1. The molecule has 0 aliphatic rings. The Morgan fingerprint density at radius 3 is 2.10 bits per heavy atom. The summed E-state index contributed by atoms with van der Waals surface area (Å²) >= 11 is 5.66. The minimum absolute atomic E-state index is 0.0404. The lowest BCUT2D eigenvalue weighted by Gasteiger charge is -2.09. The number of ketones is 1. The first-order chi connectivity index (χ1) is 9.43. The van der Waals surface area contributed by atoms with E-state index in [-0.39, 0.29) is 10.5 Å². The Labute approximate surface area is 120 Å². The highest BCUT2D eigenvalue weighted by molar-refractivity contribution is 7.92. The van der Waals surface area contributed by atoms with Gasteiger partial charge in [-0.15, -0.1) is 0 Å². The van der Waals surface area contributed by atoms with Gasteiger partial charge in [-0.25, -0.2) is 12.8 Å². The van der Waals surface area contributed by atoms with E-state index >= 15 is 0 Å². The molecule has 0 saturated heterocycles. The molecule has 1 atom stereocenters. The Kier molecular flexibility index (Phi) is 4.20. The smallest absolute Gasteiger partial charge is 0.267 e. The van der Waals surface area contributed by atoms with Crippen LogP contribution in [0.25, 0.3) is 0 Å². The van der Waals surface area contributed by atoms with Gasteiger partial charge in [-0.1, -0.05) is 29.8 Å². The van der Waals surface area contributed by atoms with Gasteiger partial charge >= 0.3 is 0 Å². The summed E-state index contributed by atoms with van der Waals surface area (Å²) in [5, 5.41) is 0.378. The Morgan fingerprint density at radius 2 is 1.55 bits per heavy atom. The third-order valence-electron chi connectivity index (χ3n) is 2.68. The average molecular weight is 313 g/mol. The zero-order chi connectivity index (χ0) is 14.8. The highest BCUT2D eigenvalue weighted by Gasteiger charge is 2.34. The summed E-state index contributed by atoms with van der Waals surface area (Å²) in [7, 11) is -4.35. The number of hydrogen-bond donors (Lipinski definition) is 0. The second-order valence-corrected chi connectivity index (χ2v) is 6.46. The van der Waals surface area contributed by atoms with E-state index in [1.54, 1.807) is 6.07 Å². The SMILES string of the molecule is O=C(c1ccc(Cl)cc1)C(F)S(=O)(=O)c1ccccc1. The molecule has 0 aromatic heterocycles. The molecule has 0 aliphatic carbocycles. The maximum atomic E-state index is 14.1. The van der Waals surface area contributed by atoms with Crippen LogP contribution in [0, 0.1) is 0 Å². The fourth-order valence-electron chi connectivity index (χ4n) is 1.62. The monoisotopic (exact) mass is 312 g/mol. The van der Waals surface area contributed by atoms with Gasteiger partial charge in [0.1, 0.15) is 0 Å². The molecule has 0 bridgehead atoms. The molecule has 0 amide bonds. The fraction of sp³-hybridized carbons (Fsp3) is 0.0714. The van der Waals surface area contributed by atoms with Crippen molar-refractivity contribution < 1.29 is 17.6 Å². The molecule has 0 spiro atoms. The summed E-state index contributed by atoms with van der Waals surface area (Å²) in [6.07, 6.45) is 0. The summed E-state index contributed by atoms with van der Waals surface area (Å²) in [4.78, 5) is 11.7. The first-order valence-electron chi connectivity index (χ1n) is 5.66. The highest BCUT2D eigenvalue weighted by Crippen LogP contribution is 2.21. The second kappa shape index (κ2) is 5.73. The Balaban J connectivity index is 2.33. The predicted octanol–water partition coefficient (Wildman–Crippen LogP) is 3.29. The van der Waals surface area contributed by atoms with Crippen LogP contribution in [0.3, 0.4) is 0 Å². The summed E-state index contributed by atoms with van der Waals surface area (Å²) in [5.74, 6) is -1.11. The van der Waals surface area contributed by atoms with Gasteiger partial charge in [-0.05, 0) is 36.4 Å². The molecule has 0 heterocycles. The van der Waals surface area contributed by atoms with E-state index in [9.17, 15) is 17.6 Å². The predicted molar refractivity (Wildman–Crippen MR) is 74.3 cm³/mol. The van der Waals surface area contributed by atoms with Gasteiger partial charge in [-0.2, -0.15) is 0 Å². The topological polar surface area (TPSA) is 51.2 Å². The van der Waals surface area contributed by atoms with E-state index in [1.807, 2.05) is 0 Å². The first-order valence-corrected chi connectivity index (χ1v) is 7.58. The van der Waals surface area contributed by atoms with Crippen LogP contribution in [0.15, 0.2) is 59.5 Å². The van der Waals surface area contributed by atoms with Gasteiger partial charge in [0, 0.05) is 10.6 Å². The third-order valence-corrected chi connectivity index (χ3v) is 4.62. The number of halogens is 2. The van der Waals surface area contributed by atoms with Crippen molar-refractivity contribution in [1.82, 2.24) is 0 Å². The van der Waals surface area contributed by atoms with Crippen molar-refractivity contribution in [2.45, 2.75) is 10.4 Å². The van der Waals surface area contributed by atoms with Crippen molar-refractivity contribution in [3.8, 4) is 0 Å². The summed E-state index contributed by atoms with van der Waals surface area (Å²) in [5.41, 5.74) is -2.67. The molecule has 2 aromatic carbocycles. The van der Waals surface area contributed by atoms with Crippen LogP contribution in [0.1, 0.15) is 10.4 Å². The Morgan fingerprint density at radius 1 is 1.00 bits per heavy atom. The van der Waals surface area contributed by atoms with Crippen LogP contribution in [-0.2, 0) is 9.84 Å². The van der Waals surface area contributed by atoms with E-state index in [4.69, 9.17) is 11.6 Å². The van der Waals surface area contributed by atoms with Crippen LogP contribution >= 0.6 is 11.6 Å². The summed E-state index contributed by atoms with van der Waals surface area (Å²) in [6, 6.07) is 12.4.